The third-order valence-electron chi connectivity index (χ3n) is 5.44. The Morgan fingerprint density at radius 1 is 1.03 bits per heavy atom. The number of ether oxygens (including phenoxy) is 1. The van der Waals surface area contributed by atoms with E-state index in [-0.39, 0.29) is 28.5 Å². The normalized spacial score (nSPS) is 14.7. The summed E-state index contributed by atoms with van der Waals surface area (Å²) >= 11 is 12.5. The maximum absolute atomic E-state index is 13.1. The highest BCUT2D eigenvalue weighted by Gasteiger charge is 2.37. The first kappa shape index (κ1) is 25.0. The molecule has 0 bridgehead atoms. The predicted molar refractivity (Wildman–Crippen MR) is 134 cm³/mol. The fraction of sp³-hybridized carbons (Fsp3) is 0.0769. The van der Waals surface area contributed by atoms with E-state index in [4.69, 9.17) is 33.0 Å². The number of urea groups is 1. The van der Waals surface area contributed by atoms with E-state index in [1.165, 1.54) is 24.3 Å². The van der Waals surface area contributed by atoms with Crippen LogP contribution in [-0.2, 0) is 16.2 Å². The summed E-state index contributed by atoms with van der Waals surface area (Å²) in [6, 6.07) is 14.8. The number of nitrogens with zero attached hydrogens (tertiary/aromatic N) is 1. The van der Waals surface area contributed by atoms with Crippen LogP contribution in [0.2, 0.25) is 10.0 Å². The Morgan fingerprint density at radius 2 is 1.75 bits per heavy atom. The van der Waals surface area contributed by atoms with Crippen molar-refractivity contribution in [3.63, 3.8) is 0 Å². The number of anilines is 1. The fourth-order valence-corrected chi connectivity index (χ4v) is 3.92. The highest BCUT2D eigenvalue weighted by atomic mass is 35.5. The van der Waals surface area contributed by atoms with Crippen LogP contribution in [0.1, 0.15) is 27.0 Å². The molecule has 1 aliphatic rings. The van der Waals surface area contributed by atoms with E-state index in [9.17, 15) is 19.2 Å². The Morgan fingerprint density at radius 3 is 2.42 bits per heavy atom. The molecule has 4 amide bonds. The number of rotatable bonds is 6. The number of hydrogen-bond acceptors (Lipinski definition) is 5. The topological polar surface area (TPSA) is 113 Å². The third-order valence-corrected chi connectivity index (χ3v) is 6.15. The number of hydrogen-bond donors (Lipinski definition) is 2. The number of amides is 4. The summed E-state index contributed by atoms with van der Waals surface area (Å²) in [5.41, 5.74) is 1.88. The zero-order valence-electron chi connectivity index (χ0n) is 18.7. The zero-order valence-corrected chi connectivity index (χ0v) is 20.3. The first-order valence-electron chi connectivity index (χ1n) is 10.6. The molecule has 0 aliphatic carbocycles. The number of aromatic carboxylic acids is 1. The van der Waals surface area contributed by atoms with Gasteiger partial charge < -0.3 is 9.84 Å². The van der Waals surface area contributed by atoms with Crippen molar-refractivity contribution in [2.75, 3.05) is 4.90 Å². The monoisotopic (exact) mass is 524 g/mol. The van der Waals surface area contributed by atoms with Crippen molar-refractivity contribution in [3.8, 4) is 5.75 Å². The minimum Gasteiger partial charge on any atom is -0.487 e. The Hall–Kier alpha value is -4.14. The molecule has 0 unspecified atom stereocenters. The van der Waals surface area contributed by atoms with Crippen molar-refractivity contribution in [3.05, 3.63) is 98.5 Å². The second-order valence-electron chi connectivity index (χ2n) is 7.82. The van der Waals surface area contributed by atoms with Gasteiger partial charge in [-0.25, -0.2) is 14.5 Å². The minimum absolute atomic E-state index is 0.150. The van der Waals surface area contributed by atoms with E-state index in [0.29, 0.717) is 21.9 Å². The number of imide groups is 2. The number of benzene rings is 3. The Balaban J connectivity index is 1.55. The highest BCUT2D eigenvalue weighted by Crippen LogP contribution is 2.31. The van der Waals surface area contributed by atoms with Crippen LogP contribution in [0, 0.1) is 6.92 Å². The van der Waals surface area contributed by atoms with Crippen molar-refractivity contribution in [1.82, 2.24) is 5.32 Å². The van der Waals surface area contributed by atoms with Gasteiger partial charge in [-0.2, -0.15) is 0 Å². The van der Waals surface area contributed by atoms with E-state index in [2.05, 4.69) is 5.32 Å². The molecular weight excluding hydrogens is 507 g/mol. The summed E-state index contributed by atoms with van der Waals surface area (Å²) in [5, 5.41) is 11.8. The smallest absolute Gasteiger partial charge is 0.335 e. The van der Waals surface area contributed by atoms with Crippen LogP contribution < -0.4 is 15.0 Å². The first-order valence-corrected chi connectivity index (χ1v) is 11.3. The minimum atomic E-state index is -1.02. The van der Waals surface area contributed by atoms with Gasteiger partial charge in [0, 0.05) is 5.02 Å². The van der Waals surface area contributed by atoms with Gasteiger partial charge in [0.1, 0.15) is 17.9 Å². The van der Waals surface area contributed by atoms with E-state index in [0.717, 1.165) is 10.5 Å². The number of carboxylic acid groups (broad SMARTS) is 1. The van der Waals surface area contributed by atoms with Crippen LogP contribution in [-0.4, -0.2) is 28.9 Å². The summed E-state index contributed by atoms with van der Waals surface area (Å²) < 4.78 is 5.71. The van der Waals surface area contributed by atoms with Gasteiger partial charge in [0.2, 0.25) is 0 Å². The molecule has 0 spiro atoms. The molecule has 3 aromatic carbocycles. The van der Waals surface area contributed by atoms with Gasteiger partial charge in [0.05, 0.1) is 16.3 Å². The van der Waals surface area contributed by atoms with Crippen LogP contribution in [0.5, 0.6) is 5.75 Å². The second-order valence-corrected chi connectivity index (χ2v) is 8.64. The number of halogens is 2. The molecule has 0 saturated carbocycles. The Labute approximate surface area is 215 Å². The maximum Gasteiger partial charge on any atom is 0.335 e. The van der Waals surface area contributed by atoms with Gasteiger partial charge in [0.15, 0.2) is 0 Å². The molecule has 36 heavy (non-hydrogen) atoms. The zero-order chi connectivity index (χ0) is 26.0. The largest absolute Gasteiger partial charge is 0.487 e. The molecule has 4 rings (SSSR count). The molecule has 1 aliphatic heterocycles. The van der Waals surface area contributed by atoms with Gasteiger partial charge in [-0.15, -0.1) is 0 Å². The lowest BCUT2D eigenvalue weighted by atomic mass is 10.1. The van der Waals surface area contributed by atoms with Gasteiger partial charge in [0.25, 0.3) is 11.8 Å². The van der Waals surface area contributed by atoms with Gasteiger partial charge in [-0.3, -0.25) is 14.9 Å². The summed E-state index contributed by atoms with van der Waals surface area (Å²) in [6.45, 7) is 1.81. The van der Waals surface area contributed by atoms with Gasteiger partial charge in [-0.05, 0) is 66.1 Å². The molecule has 0 aromatic heterocycles. The molecular formula is C26H18Cl2N2O6. The van der Waals surface area contributed by atoms with Crippen molar-refractivity contribution in [2.45, 2.75) is 13.5 Å². The van der Waals surface area contributed by atoms with E-state index >= 15 is 0 Å². The predicted octanol–water partition coefficient (Wildman–Crippen LogP) is 5.25. The van der Waals surface area contributed by atoms with Crippen LogP contribution in [0.3, 0.4) is 0 Å². The standard InChI is InChI=1S/C26H18Cl2N2O6/c1-14-19(27)3-2-4-21(14)30-24(32)18(23(31)29-26(30)35)11-16-7-10-22(20(28)12-16)36-13-15-5-8-17(9-6-15)25(33)34/h2-12H,13H2,1H3,(H,33,34)(H,29,31,35)/b18-11+. The molecule has 2 N–H and O–H groups in total. The third kappa shape index (κ3) is 5.10. The summed E-state index contributed by atoms with van der Waals surface area (Å²) in [7, 11) is 0. The van der Waals surface area contributed by atoms with E-state index in [1.807, 2.05) is 0 Å². The lowest BCUT2D eigenvalue weighted by Gasteiger charge is -2.27. The summed E-state index contributed by atoms with van der Waals surface area (Å²) in [6.07, 6.45) is 1.33. The number of nitrogens with one attached hydrogen (secondary N) is 1. The molecule has 8 nitrogen and oxygen atoms in total. The number of carboxylic acids is 1. The molecule has 10 heteroatoms. The molecule has 0 radical (unpaired) electrons. The number of carbonyl (C=O) groups excluding carboxylic acids is 3. The van der Waals surface area contributed by atoms with E-state index < -0.39 is 23.8 Å². The first-order chi connectivity index (χ1) is 17.2. The Bertz CT molecular complexity index is 1430. The van der Waals surface area contributed by atoms with Gasteiger partial charge in [-0.1, -0.05) is 47.5 Å². The quantitative estimate of drug-likeness (QED) is 0.336. The van der Waals surface area contributed by atoms with Crippen molar-refractivity contribution in [1.29, 1.82) is 0 Å². The SMILES string of the molecule is Cc1c(Cl)cccc1N1C(=O)NC(=O)/C(=C\c2ccc(OCc3ccc(C(=O)O)cc3)c(Cl)c2)C1=O. The molecule has 0 atom stereocenters. The number of carbonyl (C=O) groups is 4. The average molecular weight is 525 g/mol. The molecule has 1 saturated heterocycles. The molecule has 3 aromatic rings. The Kier molecular flexibility index (Phi) is 7.10. The lowest BCUT2D eigenvalue weighted by molar-refractivity contribution is -0.122. The van der Waals surface area contributed by atoms with Crippen LogP contribution in [0.4, 0.5) is 10.5 Å². The highest BCUT2D eigenvalue weighted by molar-refractivity contribution is 6.40. The second kappa shape index (κ2) is 10.2. The van der Waals surface area contributed by atoms with Gasteiger partial charge >= 0.3 is 12.0 Å². The fourth-order valence-electron chi connectivity index (χ4n) is 3.51. The van der Waals surface area contributed by atoms with Crippen LogP contribution in [0.15, 0.2) is 66.2 Å². The average Bonchev–Trinajstić information content (AvgIpc) is 2.84. The summed E-state index contributed by atoms with van der Waals surface area (Å²) in [5.74, 6) is -2.29. The van der Waals surface area contributed by atoms with E-state index in [1.54, 1.807) is 49.4 Å². The molecule has 1 heterocycles. The number of barbiturate groups is 1. The molecule has 1 fully saturated rings. The maximum atomic E-state index is 13.1. The summed E-state index contributed by atoms with van der Waals surface area (Å²) in [4.78, 5) is 49.9. The van der Waals surface area contributed by atoms with Crippen molar-refractivity contribution >= 4 is 58.8 Å². The molecule has 182 valence electrons. The van der Waals surface area contributed by atoms with Crippen LogP contribution in [0.25, 0.3) is 6.08 Å². The lowest BCUT2D eigenvalue weighted by Crippen LogP contribution is -2.54. The van der Waals surface area contributed by atoms with Crippen molar-refractivity contribution < 1.29 is 29.0 Å². The van der Waals surface area contributed by atoms with Crippen molar-refractivity contribution in [2.24, 2.45) is 0 Å². The van der Waals surface area contributed by atoms with Crippen LogP contribution >= 0.6 is 23.2 Å².